The molecule has 1 amide bonds. The lowest BCUT2D eigenvalue weighted by molar-refractivity contribution is -0.109. The molecule has 0 aliphatic rings. The van der Waals surface area contributed by atoms with Crippen LogP contribution in [-0.2, 0) is 11.2 Å². The summed E-state index contributed by atoms with van der Waals surface area (Å²) < 4.78 is 0. The number of unbranched alkanes of at least 4 members (excludes halogenated alkanes) is 10. The molecule has 2 nitrogen and oxygen atoms in total. The van der Waals surface area contributed by atoms with Crippen molar-refractivity contribution in [2.75, 3.05) is 6.54 Å². The molecule has 0 spiro atoms. The van der Waals surface area contributed by atoms with Crippen LogP contribution in [0.5, 0.6) is 0 Å². The molecule has 1 aromatic rings. The Labute approximate surface area is 136 Å². The van der Waals surface area contributed by atoms with E-state index in [1.54, 1.807) is 0 Å². The van der Waals surface area contributed by atoms with Crippen LogP contribution in [0.25, 0.3) is 0 Å². The van der Waals surface area contributed by atoms with E-state index < -0.39 is 0 Å². The van der Waals surface area contributed by atoms with Crippen molar-refractivity contribution in [1.82, 2.24) is 5.32 Å². The molecular formula is C20H33NO. The Morgan fingerprint density at radius 1 is 0.682 bits per heavy atom. The van der Waals surface area contributed by atoms with Gasteiger partial charge in [-0.3, -0.25) is 4.79 Å². The molecule has 0 saturated carbocycles. The SMILES string of the molecule is O=CNCCCCCCCCCCCCCc1ccccc1. The molecule has 0 fully saturated rings. The third-order valence-corrected chi connectivity index (χ3v) is 4.21. The Hall–Kier alpha value is -1.31. The highest BCUT2D eigenvalue weighted by Crippen LogP contribution is 2.12. The Kier molecular flexibility index (Phi) is 12.5. The molecule has 0 heterocycles. The summed E-state index contributed by atoms with van der Waals surface area (Å²) in [5.41, 5.74) is 1.48. The lowest BCUT2D eigenvalue weighted by atomic mass is 10.0. The van der Waals surface area contributed by atoms with Crippen molar-refractivity contribution in [3.63, 3.8) is 0 Å². The zero-order chi connectivity index (χ0) is 15.7. The van der Waals surface area contributed by atoms with Crippen LogP contribution in [-0.4, -0.2) is 13.0 Å². The van der Waals surface area contributed by atoms with Crippen LogP contribution in [0, 0.1) is 0 Å². The number of aryl methyl sites for hydroxylation is 1. The van der Waals surface area contributed by atoms with E-state index in [1.807, 2.05) is 0 Å². The molecule has 124 valence electrons. The van der Waals surface area contributed by atoms with Crippen LogP contribution in [0.4, 0.5) is 0 Å². The van der Waals surface area contributed by atoms with Gasteiger partial charge in [-0.15, -0.1) is 0 Å². The fourth-order valence-electron chi connectivity index (χ4n) is 2.85. The van der Waals surface area contributed by atoms with Gasteiger partial charge in [-0.2, -0.15) is 0 Å². The summed E-state index contributed by atoms with van der Waals surface area (Å²) in [5, 5.41) is 2.71. The van der Waals surface area contributed by atoms with E-state index in [0.29, 0.717) is 0 Å². The van der Waals surface area contributed by atoms with Crippen molar-refractivity contribution in [2.45, 2.75) is 77.0 Å². The summed E-state index contributed by atoms with van der Waals surface area (Å²) >= 11 is 0. The number of benzene rings is 1. The van der Waals surface area contributed by atoms with Crippen molar-refractivity contribution in [3.05, 3.63) is 35.9 Å². The van der Waals surface area contributed by atoms with Crippen LogP contribution in [0.1, 0.15) is 76.2 Å². The van der Waals surface area contributed by atoms with Gasteiger partial charge in [-0.05, 0) is 24.8 Å². The molecule has 0 aromatic heterocycles. The minimum absolute atomic E-state index is 0.792. The van der Waals surface area contributed by atoms with E-state index in [0.717, 1.165) is 19.4 Å². The van der Waals surface area contributed by atoms with Crippen molar-refractivity contribution in [3.8, 4) is 0 Å². The van der Waals surface area contributed by atoms with E-state index in [4.69, 9.17) is 0 Å². The van der Waals surface area contributed by atoms with Gasteiger partial charge < -0.3 is 5.32 Å². The topological polar surface area (TPSA) is 29.1 Å². The Morgan fingerprint density at radius 2 is 1.18 bits per heavy atom. The van der Waals surface area contributed by atoms with Gasteiger partial charge in [0.25, 0.3) is 0 Å². The minimum atomic E-state index is 0.792. The highest BCUT2D eigenvalue weighted by molar-refractivity contribution is 5.45. The standard InChI is InChI=1S/C20H33NO/c22-19-21-18-14-9-7-5-3-1-2-4-6-8-11-15-20-16-12-10-13-17-20/h10,12-13,16-17,19H,1-9,11,14-15,18H2,(H,21,22). The number of carbonyl (C=O) groups is 1. The molecule has 0 radical (unpaired) electrons. The first kappa shape index (κ1) is 18.7. The highest BCUT2D eigenvalue weighted by Gasteiger charge is 1.95. The molecule has 0 saturated heterocycles. The molecule has 1 rings (SSSR count). The number of carbonyl (C=O) groups excluding carboxylic acids is 1. The summed E-state index contributed by atoms with van der Waals surface area (Å²) in [5.74, 6) is 0. The molecule has 0 aliphatic heterocycles. The smallest absolute Gasteiger partial charge is 0.207 e. The quantitative estimate of drug-likeness (QED) is 0.347. The summed E-state index contributed by atoms with van der Waals surface area (Å²) in [4.78, 5) is 10.1. The van der Waals surface area contributed by atoms with Crippen molar-refractivity contribution >= 4 is 6.41 Å². The molecule has 0 bridgehead atoms. The number of rotatable bonds is 15. The average molecular weight is 303 g/mol. The van der Waals surface area contributed by atoms with Gasteiger partial charge in [0, 0.05) is 6.54 Å². The van der Waals surface area contributed by atoms with Gasteiger partial charge in [-0.25, -0.2) is 0 Å². The third kappa shape index (κ3) is 11.4. The van der Waals surface area contributed by atoms with Gasteiger partial charge in [0.1, 0.15) is 0 Å². The van der Waals surface area contributed by atoms with Gasteiger partial charge >= 0.3 is 0 Å². The van der Waals surface area contributed by atoms with Gasteiger partial charge in [-0.1, -0.05) is 88.1 Å². The van der Waals surface area contributed by atoms with Crippen LogP contribution in [0.15, 0.2) is 30.3 Å². The highest BCUT2D eigenvalue weighted by atomic mass is 16.1. The zero-order valence-corrected chi connectivity index (χ0v) is 14.1. The fraction of sp³-hybridized carbons (Fsp3) is 0.650. The molecule has 1 N–H and O–H groups in total. The van der Waals surface area contributed by atoms with Crippen molar-refractivity contribution < 1.29 is 4.79 Å². The van der Waals surface area contributed by atoms with Crippen LogP contribution < -0.4 is 5.32 Å². The average Bonchev–Trinajstić information content (AvgIpc) is 2.56. The summed E-state index contributed by atoms with van der Waals surface area (Å²) in [6.45, 7) is 0.840. The predicted octanol–water partition coefficient (Wildman–Crippen LogP) is 5.27. The van der Waals surface area contributed by atoms with Crippen molar-refractivity contribution in [1.29, 1.82) is 0 Å². The Morgan fingerprint density at radius 3 is 1.73 bits per heavy atom. The largest absolute Gasteiger partial charge is 0.359 e. The lowest BCUT2D eigenvalue weighted by Crippen LogP contribution is -2.11. The minimum Gasteiger partial charge on any atom is -0.359 e. The molecule has 1 aromatic carbocycles. The number of amides is 1. The van der Waals surface area contributed by atoms with E-state index in [-0.39, 0.29) is 0 Å². The van der Waals surface area contributed by atoms with E-state index in [1.165, 1.54) is 76.2 Å². The first-order chi connectivity index (χ1) is 10.9. The normalized spacial score (nSPS) is 10.5. The zero-order valence-electron chi connectivity index (χ0n) is 14.1. The molecule has 2 heteroatoms. The second-order valence-corrected chi connectivity index (χ2v) is 6.20. The maximum atomic E-state index is 10.1. The van der Waals surface area contributed by atoms with E-state index >= 15 is 0 Å². The van der Waals surface area contributed by atoms with E-state index in [2.05, 4.69) is 35.6 Å². The van der Waals surface area contributed by atoms with Crippen LogP contribution in [0.2, 0.25) is 0 Å². The summed E-state index contributed by atoms with van der Waals surface area (Å²) in [6.07, 6.45) is 16.8. The lowest BCUT2D eigenvalue weighted by Gasteiger charge is -2.03. The molecule has 22 heavy (non-hydrogen) atoms. The summed E-state index contributed by atoms with van der Waals surface area (Å²) in [6, 6.07) is 10.8. The number of nitrogens with one attached hydrogen (secondary N) is 1. The maximum Gasteiger partial charge on any atom is 0.207 e. The fourth-order valence-corrected chi connectivity index (χ4v) is 2.85. The molecule has 0 aliphatic carbocycles. The monoisotopic (exact) mass is 303 g/mol. The summed E-state index contributed by atoms with van der Waals surface area (Å²) in [7, 11) is 0. The Balaban J connectivity index is 1.74. The van der Waals surface area contributed by atoms with Crippen LogP contribution >= 0.6 is 0 Å². The molecule has 0 atom stereocenters. The number of hydrogen-bond donors (Lipinski definition) is 1. The second-order valence-electron chi connectivity index (χ2n) is 6.20. The van der Waals surface area contributed by atoms with E-state index in [9.17, 15) is 4.79 Å². The molecule has 0 unspecified atom stereocenters. The first-order valence-electron chi connectivity index (χ1n) is 9.14. The van der Waals surface area contributed by atoms with Crippen LogP contribution in [0.3, 0.4) is 0 Å². The number of hydrogen-bond acceptors (Lipinski definition) is 1. The van der Waals surface area contributed by atoms with Crippen molar-refractivity contribution in [2.24, 2.45) is 0 Å². The maximum absolute atomic E-state index is 10.1. The second kappa shape index (κ2) is 14.6. The predicted molar refractivity (Wildman–Crippen MR) is 95.0 cm³/mol. The molecular weight excluding hydrogens is 270 g/mol. The third-order valence-electron chi connectivity index (χ3n) is 4.21. The van der Waals surface area contributed by atoms with Gasteiger partial charge in [0.05, 0.1) is 0 Å². The van der Waals surface area contributed by atoms with Gasteiger partial charge in [0.15, 0.2) is 0 Å². The first-order valence-corrected chi connectivity index (χ1v) is 9.14. The Bertz CT molecular complexity index is 350. The van der Waals surface area contributed by atoms with Gasteiger partial charge in [0.2, 0.25) is 6.41 Å².